The highest BCUT2D eigenvalue weighted by Crippen LogP contribution is 2.29. The van der Waals surface area contributed by atoms with Crippen LogP contribution in [0.15, 0.2) is 40.2 Å². The first-order valence-corrected chi connectivity index (χ1v) is 6.45. The summed E-state index contributed by atoms with van der Waals surface area (Å²) in [5, 5.41) is 11.1. The Balaban J connectivity index is 2.30. The van der Waals surface area contributed by atoms with Gasteiger partial charge in [-0.3, -0.25) is 0 Å². The van der Waals surface area contributed by atoms with E-state index in [1.807, 2.05) is 29.6 Å². The number of hydrogen-bond acceptors (Lipinski definition) is 3. The molecule has 0 saturated heterocycles. The van der Waals surface area contributed by atoms with Gasteiger partial charge in [0.2, 0.25) is 0 Å². The van der Waals surface area contributed by atoms with E-state index >= 15 is 0 Å². The van der Waals surface area contributed by atoms with Crippen molar-refractivity contribution in [2.24, 2.45) is 0 Å². The van der Waals surface area contributed by atoms with Crippen molar-refractivity contribution in [3.63, 3.8) is 0 Å². The number of aromatic nitrogens is 1. The molecule has 86 valence electrons. The van der Waals surface area contributed by atoms with E-state index in [9.17, 15) is 4.79 Å². The van der Waals surface area contributed by atoms with Crippen LogP contribution in [-0.4, -0.2) is 16.1 Å². The maximum Gasteiger partial charge on any atom is 0.328 e. The molecule has 0 atom stereocenters. The predicted octanol–water partition coefficient (Wildman–Crippen LogP) is 3.67. The molecule has 1 N–H and O–H groups in total. The molecule has 0 aliphatic rings. The fraction of sp³-hybridized carbons (Fsp3) is 0. The number of thiazole rings is 1. The largest absolute Gasteiger partial charge is 0.478 e. The van der Waals surface area contributed by atoms with Crippen LogP contribution >= 0.6 is 27.3 Å². The van der Waals surface area contributed by atoms with Gasteiger partial charge < -0.3 is 5.11 Å². The maximum absolute atomic E-state index is 10.4. The van der Waals surface area contributed by atoms with Gasteiger partial charge in [0.1, 0.15) is 5.01 Å². The molecule has 2 aromatic rings. The summed E-state index contributed by atoms with van der Waals surface area (Å²) in [6.45, 7) is 0. The molecule has 17 heavy (non-hydrogen) atoms. The lowest BCUT2D eigenvalue weighted by Crippen LogP contribution is -1.85. The van der Waals surface area contributed by atoms with Gasteiger partial charge in [-0.15, -0.1) is 11.3 Å². The van der Waals surface area contributed by atoms with Gasteiger partial charge in [-0.1, -0.05) is 34.1 Å². The van der Waals surface area contributed by atoms with Crippen molar-refractivity contribution in [3.8, 4) is 11.3 Å². The average Bonchev–Trinajstić information content (AvgIpc) is 2.75. The summed E-state index contributed by atoms with van der Waals surface area (Å²) >= 11 is 4.87. The van der Waals surface area contributed by atoms with E-state index in [-0.39, 0.29) is 0 Å². The lowest BCUT2D eigenvalue weighted by molar-refractivity contribution is -0.131. The van der Waals surface area contributed by atoms with Crippen molar-refractivity contribution >= 4 is 39.3 Å². The van der Waals surface area contributed by atoms with Gasteiger partial charge in [0.05, 0.1) is 5.69 Å². The summed E-state index contributed by atoms with van der Waals surface area (Å²) in [6.07, 6.45) is 2.58. The number of rotatable bonds is 3. The molecule has 5 heteroatoms. The van der Waals surface area contributed by atoms with Crippen LogP contribution in [0, 0.1) is 0 Å². The summed E-state index contributed by atoms with van der Waals surface area (Å²) in [5.74, 6) is -0.970. The Morgan fingerprint density at radius 3 is 2.88 bits per heavy atom. The van der Waals surface area contributed by atoms with Crippen molar-refractivity contribution in [2.45, 2.75) is 0 Å². The van der Waals surface area contributed by atoms with Crippen LogP contribution in [0.5, 0.6) is 0 Å². The van der Waals surface area contributed by atoms with Gasteiger partial charge in [-0.2, -0.15) is 0 Å². The zero-order valence-corrected chi connectivity index (χ0v) is 11.0. The smallest absolute Gasteiger partial charge is 0.328 e. The molecule has 0 aliphatic carbocycles. The number of carboxylic acid groups (broad SMARTS) is 1. The molecule has 0 bridgehead atoms. The van der Waals surface area contributed by atoms with Crippen molar-refractivity contribution in [3.05, 3.63) is 45.2 Å². The van der Waals surface area contributed by atoms with Crippen LogP contribution in [0.1, 0.15) is 5.01 Å². The molecular weight excluding hydrogens is 302 g/mol. The Labute approximate surface area is 111 Å². The molecular formula is C12H8BrNO2S. The normalized spacial score (nSPS) is 10.9. The molecule has 0 unspecified atom stereocenters. The van der Waals surface area contributed by atoms with E-state index in [1.54, 1.807) is 0 Å². The molecule has 0 spiro atoms. The number of carbonyl (C=O) groups is 1. The second kappa shape index (κ2) is 5.25. The van der Waals surface area contributed by atoms with Crippen LogP contribution in [0.3, 0.4) is 0 Å². The minimum Gasteiger partial charge on any atom is -0.478 e. The summed E-state index contributed by atoms with van der Waals surface area (Å²) in [4.78, 5) is 14.7. The SMILES string of the molecule is O=C(O)/C=C/c1nc(-c2ccccc2Br)cs1. The van der Waals surface area contributed by atoms with Gasteiger partial charge in [0.25, 0.3) is 0 Å². The Morgan fingerprint density at radius 2 is 2.18 bits per heavy atom. The van der Waals surface area contributed by atoms with Crippen molar-refractivity contribution in [1.29, 1.82) is 0 Å². The van der Waals surface area contributed by atoms with Gasteiger partial charge in [0, 0.05) is 21.5 Å². The molecule has 3 nitrogen and oxygen atoms in total. The topological polar surface area (TPSA) is 50.2 Å². The minimum atomic E-state index is -0.970. The highest BCUT2D eigenvalue weighted by atomic mass is 79.9. The molecule has 1 aromatic carbocycles. The fourth-order valence-corrected chi connectivity index (χ4v) is 2.50. The van der Waals surface area contributed by atoms with E-state index in [4.69, 9.17) is 5.11 Å². The zero-order valence-electron chi connectivity index (χ0n) is 8.63. The van der Waals surface area contributed by atoms with E-state index in [2.05, 4.69) is 20.9 Å². The van der Waals surface area contributed by atoms with Crippen LogP contribution < -0.4 is 0 Å². The minimum absolute atomic E-state index is 0.679. The lowest BCUT2D eigenvalue weighted by Gasteiger charge is -1.98. The zero-order chi connectivity index (χ0) is 12.3. The third-order valence-electron chi connectivity index (χ3n) is 2.04. The second-order valence-corrected chi connectivity index (χ2v) is 4.97. The van der Waals surface area contributed by atoms with Gasteiger partial charge in [-0.05, 0) is 12.1 Å². The third-order valence-corrected chi connectivity index (χ3v) is 3.54. The Kier molecular flexibility index (Phi) is 3.71. The summed E-state index contributed by atoms with van der Waals surface area (Å²) in [5.41, 5.74) is 1.84. The van der Waals surface area contributed by atoms with E-state index in [1.165, 1.54) is 17.4 Å². The van der Waals surface area contributed by atoms with Crippen LogP contribution in [0.2, 0.25) is 0 Å². The summed E-state index contributed by atoms with van der Waals surface area (Å²) in [6, 6.07) is 7.78. The molecule has 0 radical (unpaired) electrons. The highest BCUT2D eigenvalue weighted by Gasteiger charge is 2.05. The standard InChI is InChI=1S/C12H8BrNO2S/c13-9-4-2-1-3-8(9)10-7-17-11(14-10)5-6-12(15)16/h1-7H,(H,15,16)/b6-5+. The number of nitrogens with zero attached hydrogens (tertiary/aromatic N) is 1. The predicted molar refractivity (Wildman–Crippen MR) is 71.9 cm³/mol. The van der Waals surface area contributed by atoms with E-state index < -0.39 is 5.97 Å². The highest BCUT2D eigenvalue weighted by molar-refractivity contribution is 9.10. The monoisotopic (exact) mass is 309 g/mol. The Morgan fingerprint density at radius 1 is 1.41 bits per heavy atom. The van der Waals surface area contributed by atoms with Gasteiger partial charge in [-0.25, -0.2) is 9.78 Å². The Bertz CT molecular complexity index is 577. The average molecular weight is 310 g/mol. The number of aliphatic carboxylic acids is 1. The molecule has 0 amide bonds. The number of halogens is 1. The van der Waals surface area contributed by atoms with E-state index in [0.717, 1.165) is 21.8 Å². The first-order chi connectivity index (χ1) is 8.16. The lowest BCUT2D eigenvalue weighted by atomic mass is 10.2. The molecule has 2 rings (SSSR count). The molecule has 0 aliphatic heterocycles. The number of hydrogen-bond donors (Lipinski definition) is 1. The van der Waals surface area contributed by atoms with Crippen molar-refractivity contribution in [2.75, 3.05) is 0 Å². The summed E-state index contributed by atoms with van der Waals surface area (Å²) < 4.78 is 0.971. The molecule has 0 saturated carbocycles. The quantitative estimate of drug-likeness (QED) is 0.880. The fourth-order valence-electron chi connectivity index (χ4n) is 1.30. The van der Waals surface area contributed by atoms with Crippen LogP contribution in [0.25, 0.3) is 17.3 Å². The summed E-state index contributed by atoms with van der Waals surface area (Å²) in [7, 11) is 0. The molecule has 1 heterocycles. The molecule has 0 fully saturated rings. The first-order valence-electron chi connectivity index (χ1n) is 4.78. The Hall–Kier alpha value is -1.46. The van der Waals surface area contributed by atoms with Crippen molar-refractivity contribution in [1.82, 2.24) is 4.98 Å². The third kappa shape index (κ3) is 3.01. The molecule has 1 aromatic heterocycles. The van der Waals surface area contributed by atoms with Gasteiger partial charge in [0.15, 0.2) is 0 Å². The van der Waals surface area contributed by atoms with E-state index in [0.29, 0.717) is 5.01 Å². The first kappa shape index (κ1) is 12.0. The number of benzene rings is 1. The number of carboxylic acids is 1. The van der Waals surface area contributed by atoms with Crippen LogP contribution in [-0.2, 0) is 4.79 Å². The van der Waals surface area contributed by atoms with Gasteiger partial charge >= 0.3 is 5.97 Å². The maximum atomic E-state index is 10.4. The van der Waals surface area contributed by atoms with Crippen molar-refractivity contribution < 1.29 is 9.90 Å². The van der Waals surface area contributed by atoms with Crippen LogP contribution in [0.4, 0.5) is 0 Å². The second-order valence-electron chi connectivity index (χ2n) is 3.22.